The average Bonchev–Trinajstić information content (AvgIpc) is 3.02. The van der Waals surface area contributed by atoms with Crippen LogP contribution in [-0.2, 0) is 11.2 Å². The monoisotopic (exact) mass is 343 g/mol. The van der Waals surface area contributed by atoms with Crippen LogP contribution in [0.25, 0.3) is 10.2 Å². The molecule has 0 aliphatic rings. The zero-order valence-corrected chi connectivity index (χ0v) is 14.2. The van der Waals surface area contributed by atoms with E-state index in [1.54, 1.807) is 19.1 Å². The zero-order chi connectivity index (χ0) is 17.1. The number of hydrogen-bond acceptors (Lipinski definition) is 5. The molecule has 7 heteroatoms. The lowest BCUT2D eigenvalue weighted by Gasteiger charge is -2.15. The molecule has 6 nitrogen and oxygen atoms in total. The van der Waals surface area contributed by atoms with E-state index < -0.39 is 12.0 Å². The number of aromatic nitrogens is 2. The predicted octanol–water partition coefficient (Wildman–Crippen LogP) is 2.56. The number of fused-ring (bicyclic) bond motifs is 1. The summed E-state index contributed by atoms with van der Waals surface area (Å²) < 4.78 is 6.65. The molecule has 0 saturated carbocycles. The molecule has 0 spiro atoms. The number of nitrogens with zero attached hydrogens (tertiary/aromatic N) is 2. The van der Waals surface area contributed by atoms with Crippen molar-refractivity contribution in [3.8, 4) is 5.75 Å². The van der Waals surface area contributed by atoms with E-state index in [2.05, 4.69) is 10.4 Å². The normalized spacial score (nSPS) is 12.1. The number of aryl methyl sites for hydroxylation is 1. The molecular weight excluding hydrogens is 326 g/mol. The van der Waals surface area contributed by atoms with Crippen LogP contribution in [0.5, 0.6) is 5.75 Å². The highest BCUT2D eigenvalue weighted by atomic mass is 32.1. The van der Waals surface area contributed by atoms with Gasteiger partial charge in [0.2, 0.25) is 0 Å². The van der Waals surface area contributed by atoms with E-state index in [1.807, 2.05) is 31.2 Å². The Kier molecular flexibility index (Phi) is 4.61. The number of para-hydroxylation sites is 1. The Morgan fingerprint density at radius 2 is 2.12 bits per heavy atom. The molecule has 3 aromatic rings. The van der Waals surface area contributed by atoms with Gasteiger partial charge < -0.3 is 4.74 Å². The third-order valence-electron chi connectivity index (χ3n) is 3.51. The fourth-order valence-electron chi connectivity index (χ4n) is 2.19. The molecule has 2 aromatic heterocycles. The molecule has 1 aromatic carbocycles. The molecule has 0 saturated heterocycles. The second kappa shape index (κ2) is 6.84. The highest BCUT2D eigenvalue weighted by molar-refractivity contribution is 7.18. The average molecular weight is 343 g/mol. The van der Waals surface area contributed by atoms with Crippen molar-refractivity contribution in [3.05, 3.63) is 58.0 Å². The first-order valence-electron chi connectivity index (χ1n) is 7.61. The Morgan fingerprint density at radius 1 is 1.38 bits per heavy atom. The van der Waals surface area contributed by atoms with Crippen molar-refractivity contribution >= 4 is 27.5 Å². The Morgan fingerprint density at radius 3 is 2.83 bits per heavy atom. The van der Waals surface area contributed by atoms with Gasteiger partial charge in [-0.05, 0) is 31.5 Å². The van der Waals surface area contributed by atoms with Crippen LogP contribution >= 0.6 is 11.3 Å². The molecule has 2 heterocycles. The van der Waals surface area contributed by atoms with E-state index >= 15 is 0 Å². The second-order valence-corrected chi connectivity index (χ2v) is 6.37. The molecule has 0 fully saturated rings. The van der Waals surface area contributed by atoms with Crippen LogP contribution in [0.4, 0.5) is 0 Å². The van der Waals surface area contributed by atoms with Crippen molar-refractivity contribution in [2.24, 2.45) is 0 Å². The van der Waals surface area contributed by atoms with Crippen molar-refractivity contribution in [1.82, 2.24) is 9.66 Å². The maximum Gasteiger partial charge on any atom is 0.280 e. The van der Waals surface area contributed by atoms with Gasteiger partial charge >= 0.3 is 0 Å². The molecule has 124 valence electrons. The van der Waals surface area contributed by atoms with Crippen molar-refractivity contribution in [3.63, 3.8) is 0 Å². The largest absolute Gasteiger partial charge is 0.481 e. The standard InChI is InChI=1S/C17H17N3O3S/c1-3-13-9-14-16(24-13)18-10-20(17(14)22)19-15(21)11(2)23-12-7-5-4-6-8-12/h4-11H,3H2,1-2H3,(H,19,21)/t11-/m0/s1. The van der Waals surface area contributed by atoms with Gasteiger partial charge in [0.1, 0.15) is 16.9 Å². The minimum Gasteiger partial charge on any atom is -0.481 e. The summed E-state index contributed by atoms with van der Waals surface area (Å²) in [7, 11) is 0. The molecular formula is C17H17N3O3S. The Balaban J connectivity index is 1.77. The number of hydrogen-bond donors (Lipinski definition) is 1. The lowest BCUT2D eigenvalue weighted by atomic mass is 10.3. The van der Waals surface area contributed by atoms with E-state index in [0.29, 0.717) is 16.0 Å². The molecule has 0 aliphatic heterocycles. The van der Waals surface area contributed by atoms with Crippen molar-refractivity contribution in [1.29, 1.82) is 0 Å². The molecule has 1 amide bonds. The summed E-state index contributed by atoms with van der Waals surface area (Å²) in [6.07, 6.45) is 1.42. The van der Waals surface area contributed by atoms with Gasteiger partial charge in [0.15, 0.2) is 6.10 Å². The summed E-state index contributed by atoms with van der Waals surface area (Å²) in [5.74, 6) is 0.166. The topological polar surface area (TPSA) is 73.2 Å². The van der Waals surface area contributed by atoms with Crippen LogP contribution in [0.15, 0.2) is 47.5 Å². The lowest BCUT2D eigenvalue weighted by molar-refractivity contribution is -0.123. The Hall–Kier alpha value is -2.67. The number of carbonyl (C=O) groups excluding carboxylic acids is 1. The number of nitrogens with one attached hydrogen (secondary N) is 1. The van der Waals surface area contributed by atoms with Crippen LogP contribution in [0.1, 0.15) is 18.7 Å². The quantitative estimate of drug-likeness (QED) is 0.773. The van der Waals surface area contributed by atoms with Gasteiger partial charge in [0.05, 0.1) is 5.39 Å². The van der Waals surface area contributed by atoms with Gasteiger partial charge in [-0.1, -0.05) is 25.1 Å². The maximum absolute atomic E-state index is 12.4. The van der Waals surface area contributed by atoms with E-state index in [9.17, 15) is 9.59 Å². The molecule has 0 aliphatic carbocycles. The summed E-state index contributed by atoms with van der Waals surface area (Å²) in [5, 5.41) is 0.510. The highest BCUT2D eigenvalue weighted by Crippen LogP contribution is 2.20. The number of rotatable bonds is 5. The maximum atomic E-state index is 12.4. The summed E-state index contributed by atoms with van der Waals surface area (Å²) in [6, 6.07) is 10.9. The second-order valence-electron chi connectivity index (χ2n) is 5.25. The molecule has 0 radical (unpaired) electrons. The van der Waals surface area contributed by atoms with Crippen LogP contribution in [0.2, 0.25) is 0 Å². The molecule has 0 bridgehead atoms. The number of carbonyl (C=O) groups is 1. The minimum absolute atomic E-state index is 0.295. The third-order valence-corrected chi connectivity index (χ3v) is 4.69. The third kappa shape index (κ3) is 3.30. The molecule has 1 atom stereocenters. The predicted molar refractivity (Wildman–Crippen MR) is 94.2 cm³/mol. The van der Waals surface area contributed by atoms with E-state index in [1.165, 1.54) is 17.7 Å². The fourth-order valence-corrected chi connectivity index (χ4v) is 3.12. The Labute approximate surface area is 142 Å². The van der Waals surface area contributed by atoms with Gasteiger partial charge in [-0.3, -0.25) is 15.0 Å². The van der Waals surface area contributed by atoms with E-state index in [-0.39, 0.29) is 5.56 Å². The van der Waals surface area contributed by atoms with Crippen LogP contribution in [-0.4, -0.2) is 21.7 Å². The summed E-state index contributed by atoms with van der Waals surface area (Å²) in [6.45, 7) is 3.65. The van der Waals surface area contributed by atoms with E-state index in [0.717, 1.165) is 16.0 Å². The Bertz CT molecular complexity index is 918. The molecule has 0 unspecified atom stereocenters. The van der Waals surface area contributed by atoms with Crippen molar-refractivity contribution < 1.29 is 9.53 Å². The SMILES string of the molecule is CCc1cc2c(=O)n(NC(=O)[C@H](C)Oc3ccccc3)cnc2s1. The summed E-state index contributed by atoms with van der Waals surface area (Å²) in [4.78, 5) is 30.7. The van der Waals surface area contributed by atoms with Crippen LogP contribution in [0.3, 0.4) is 0 Å². The molecule has 1 N–H and O–H groups in total. The smallest absolute Gasteiger partial charge is 0.280 e. The summed E-state index contributed by atoms with van der Waals surface area (Å²) >= 11 is 1.49. The summed E-state index contributed by atoms with van der Waals surface area (Å²) in [5.41, 5.74) is 2.24. The van der Waals surface area contributed by atoms with Crippen LogP contribution < -0.4 is 15.7 Å². The lowest BCUT2D eigenvalue weighted by Crippen LogP contribution is -2.39. The highest BCUT2D eigenvalue weighted by Gasteiger charge is 2.16. The van der Waals surface area contributed by atoms with Gasteiger partial charge in [0, 0.05) is 4.88 Å². The first-order valence-corrected chi connectivity index (χ1v) is 8.42. The molecule has 3 rings (SSSR count). The first-order chi connectivity index (χ1) is 11.6. The zero-order valence-electron chi connectivity index (χ0n) is 13.4. The van der Waals surface area contributed by atoms with Gasteiger partial charge in [-0.2, -0.15) is 0 Å². The van der Waals surface area contributed by atoms with Crippen molar-refractivity contribution in [2.45, 2.75) is 26.4 Å². The van der Waals surface area contributed by atoms with Gasteiger partial charge in [-0.15, -0.1) is 11.3 Å². The minimum atomic E-state index is -0.747. The van der Waals surface area contributed by atoms with Gasteiger partial charge in [-0.25, -0.2) is 9.66 Å². The van der Waals surface area contributed by atoms with Gasteiger partial charge in [0.25, 0.3) is 11.5 Å². The van der Waals surface area contributed by atoms with Crippen molar-refractivity contribution in [2.75, 3.05) is 5.43 Å². The number of ether oxygens (including phenoxy) is 1. The number of thiophene rings is 1. The fraction of sp³-hybridized carbons (Fsp3) is 0.235. The first kappa shape index (κ1) is 16.2. The van der Waals surface area contributed by atoms with Crippen LogP contribution in [0, 0.1) is 0 Å². The number of benzene rings is 1. The van der Waals surface area contributed by atoms with E-state index in [4.69, 9.17) is 4.74 Å². The molecule has 24 heavy (non-hydrogen) atoms. The number of amides is 1.